The highest BCUT2D eigenvalue weighted by molar-refractivity contribution is 7.16. The maximum atomic E-state index is 12.3. The third kappa shape index (κ3) is 3.49. The molecule has 1 aromatic carbocycles. The molecule has 2 heterocycles. The predicted octanol–water partition coefficient (Wildman–Crippen LogP) is 3.02. The number of ether oxygens (including phenoxy) is 1. The molecular weight excluding hydrogens is 324 g/mol. The van der Waals surface area contributed by atoms with E-state index < -0.39 is 6.10 Å². The summed E-state index contributed by atoms with van der Waals surface area (Å²) >= 11 is 1.43. The van der Waals surface area contributed by atoms with E-state index in [1.165, 1.54) is 22.2 Å². The van der Waals surface area contributed by atoms with Gasteiger partial charge in [-0.3, -0.25) is 9.36 Å². The summed E-state index contributed by atoms with van der Waals surface area (Å²) in [4.78, 5) is 17.3. The van der Waals surface area contributed by atoms with Crippen LogP contribution in [0.4, 0.5) is 0 Å². The van der Waals surface area contributed by atoms with Gasteiger partial charge in [-0.2, -0.15) is 0 Å². The highest BCUT2D eigenvalue weighted by atomic mass is 32.1. The summed E-state index contributed by atoms with van der Waals surface area (Å²) in [6.45, 7) is 4.47. The number of thiophene rings is 1. The molecule has 0 unspecified atom stereocenters. The fourth-order valence-electron chi connectivity index (χ4n) is 2.58. The Morgan fingerprint density at radius 2 is 2.08 bits per heavy atom. The molecule has 0 spiro atoms. The highest BCUT2D eigenvalue weighted by Gasteiger charge is 2.12. The average molecular weight is 344 g/mol. The van der Waals surface area contributed by atoms with Gasteiger partial charge in [0.15, 0.2) is 0 Å². The van der Waals surface area contributed by atoms with Crippen LogP contribution in [0.25, 0.3) is 10.2 Å². The summed E-state index contributed by atoms with van der Waals surface area (Å²) in [6, 6.07) is 9.55. The minimum atomic E-state index is -0.791. The first-order chi connectivity index (χ1) is 11.6. The second kappa shape index (κ2) is 7.15. The van der Waals surface area contributed by atoms with Crippen molar-refractivity contribution in [2.45, 2.75) is 32.4 Å². The first-order valence-electron chi connectivity index (χ1n) is 7.88. The fourth-order valence-corrected chi connectivity index (χ4v) is 3.30. The first kappa shape index (κ1) is 16.7. The lowest BCUT2D eigenvalue weighted by Crippen LogP contribution is -2.30. The molecule has 2 aromatic heterocycles. The quantitative estimate of drug-likeness (QED) is 0.746. The lowest BCUT2D eigenvalue weighted by Gasteiger charge is -2.17. The zero-order chi connectivity index (χ0) is 17.1. The van der Waals surface area contributed by atoms with E-state index in [4.69, 9.17) is 4.74 Å². The molecule has 3 aromatic rings. The summed E-state index contributed by atoms with van der Waals surface area (Å²) in [5.74, 6) is 1.11. The van der Waals surface area contributed by atoms with Crippen molar-refractivity contribution in [2.24, 2.45) is 0 Å². The van der Waals surface area contributed by atoms with Gasteiger partial charge < -0.3 is 9.84 Å². The number of fused-ring (bicyclic) bond motifs is 1. The molecule has 0 aliphatic carbocycles. The van der Waals surface area contributed by atoms with Crippen molar-refractivity contribution in [3.63, 3.8) is 0 Å². The largest absolute Gasteiger partial charge is 0.491 e. The molecule has 0 radical (unpaired) electrons. The van der Waals surface area contributed by atoms with Crippen molar-refractivity contribution < 1.29 is 9.84 Å². The zero-order valence-corrected chi connectivity index (χ0v) is 14.5. The maximum Gasteiger partial charge on any atom is 0.262 e. The van der Waals surface area contributed by atoms with E-state index in [9.17, 15) is 9.90 Å². The normalized spacial score (nSPS) is 12.7. The Kier molecular flexibility index (Phi) is 4.97. The van der Waals surface area contributed by atoms with Crippen LogP contribution in [0.2, 0.25) is 0 Å². The number of benzene rings is 1. The van der Waals surface area contributed by atoms with Crippen LogP contribution in [0, 0.1) is 0 Å². The number of nitrogens with zero attached hydrogens (tertiary/aromatic N) is 2. The van der Waals surface area contributed by atoms with Gasteiger partial charge in [0.05, 0.1) is 18.3 Å². The molecule has 3 rings (SSSR count). The molecule has 126 valence electrons. The number of aliphatic hydroxyl groups is 1. The summed E-state index contributed by atoms with van der Waals surface area (Å²) < 4.78 is 7.19. The van der Waals surface area contributed by atoms with Crippen molar-refractivity contribution in [2.75, 3.05) is 6.61 Å². The number of hydrogen-bond donors (Lipinski definition) is 1. The van der Waals surface area contributed by atoms with Crippen molar-refractivity contribution in [3.8, 4) is 5.75 Å². The minimum Gasteiger partial charge on any atom is -0.491 e. The van der Waals surface area contributed by atoms with Crippen LogP contribution in [0.15, 0.2) is 46.8 Å². The van der Waals surface area contributed by atoms with Gasteiger partial charge in [-0.1, -0.05) is 32.0 Å². The standard InChI is InChI=1S/C18H20N2O3S/c1-12(2)14-5-3-4-6-16(14)23-10-13(21)9-20-11-19-17-15(18(20)22)7-8-24-17/h3-8,11-13,21H,9-10H2,1-2H3/t13-/m0/s1. The van der Waals surface area contributed by atoms with Crippen LogP contribution < -0.4 is 10.3 Å². The molecule has 0 fully saturated rings. The SMILES string of the molecule is CC(C)c1ccccc1OC[C@@H](O)Cn1cnc2sccc2c1=O. The predicted molar refractivity (Wildman–Crippen MR) is 95.9 cm³/mol. The van der Waals surface area contributed by atoms with Crippen LogP contribution in [-0.2, 0) is 6.54 Å². The van der Waals surface area contributed by atoms with E-state index in [2.05, 4.69) is 18.8 Å². The average Bonchev–Trinajstić information content (AvgIpc) is 3.05. The van der Waals surface area contributed by atoms with Gasteiger partial charge in [-0.15, -0.1) is 11.3 Å². The smallest absolute Gasteiger partial charge is 0.262 e. The van der Waals surface area contributed by atoms with Crippen LogP contribution in [-0.4, -0.2) is 27.4 Å². The van der Waals surface area contributed by atoms with Gasteiger partial charge in [0.2, 0.25) is 0 Å². The molecule has 6 heteroatoms. The molecule has 0 amide bonds. The molecule has 0 aliphatic heterocycles. The molecule has 0 saturated heterocycles. The van der Waals surface area contributed by atoms with Gasteiger partial charge in [0, 0.05) is 0 Å². The fraction of sp³-hybridized carbons (Fsp3) is 0.333. The molecular formula is C18H20N2O3S. The van der Waals surface area contributed by atoms with Crippen LogP contribution in [0.5, 0.6) is 5.75 Å². The van der Waals surface area contributed by atoms with Crippen molar-refractivity contribution in [3.05, 3.63) is 58.0 Å². The number of para-hydroxylation sites is 1. The Hall–Kier alpha value is -2.18. The molecule has 24 heavy (non-hydrogen) atoms. The van der Waals surface area contributed by atoms with Gasteiger partial charge in [0.1, 0.15) is 23.3 Å². The van der Waals surface area contributed by atoms with Crippen LogP contribution in [0.3, 0.4) is 0 Å². The van der Waals surface area contributed by atoms with Crippen molar-refractivity contribution in [1.29, 1.82) is 0 Å². The Balaban J connectivity index is 1.68. The summed E-state index contributed by atoms with van der Waals surface area (Å²) in [5.41, 5.74) is 0.964. The lowest BCUT2D eigenvalue weighted by molar-refractivity contribution is 0.0909. The van der Waals surface area contributed by atoms with E-state index in [0.717, 1.165) is 11.3 Å². The van der Waals surface area contributed by atoms with Gasteiger partial charge in [-0.25, -0.2) is 4.98 Å². The second-order valence-corrected chi connectivity index (χ2v) is 6.89. The topological polar surface area (TPSA) is 64.3 Å². The first-order valence-corrected chi connectivity index (χ1v) is 8.76. The molecule has 0 saturated carbocycles. The van der Waals surface area contributed by atoms with Crippen LogP contribution in [0.1, 0.15) is 25.3 Å². The zero-order valence-electron chi connectivity index (χ0n) is 13.7. The Morgan fingerprint density at radius 1 is 1.29 bits per heavy atom. The Bertz CT molecular complexity index is 885. The second-order valence-electron chi connectivity index (χ2n) is 6.00. The van der Waals surface area contributed by atoms with Gasteiger partial charge in [-0.05, 0) is 29.0 Å². The van der Waals surface area contributed by atoms with E-state index in [1.54, 1.807) is 6.07 Å². The van der Waals surface area contributed by atoms with E-state index in [1.807, 2.05) is 29.6 Å². The highest BCUT2D eigenvalue weighted by Crippen LogP contribution is 2.25. The molecule has 1 atom stereocenters. The minimum absolute atomic E-state index is 0.123. The Labute approximate surface area is 144 Å². The van der Waals surface area contributed by atoms with Crippen molar-refractivity contribution in [1.82, 2.24) is 9.55 Å². The van der Waals surface area contributed by atoms with Gasteiger partial charge >= 0.3 is 0 Å². The Morgan fingerprint density at radius 3 is 2.88 bits per heavy atom. The van der Waals surface area contributed by atoms with Crippen molar-refractivity contribution >= 4 is 21.6 Å². The van der Waals surface area contributed by atoms with Gasteiger partial charge in [0.25, 0.3) is 5.56 Å². The third-order valence-electron chi connectivity index (χ3n) is 3.83. The maximum absolute atomic E-state index is 12.3. The molecule has 5 nitrogen and oxygen atoms in total. The van der Waals surface area contributed by atoms with E-state index in [-0.39, 0.29) is 18.7 Å². The van der Waals surface area contributed by atoms with Crippen LogP contribution >= 0.6 is 11.3 Å². The van der Waals surface area contributed by atoms with E-state index in [0.29, 0.717) is 16.1 Å². The number of aromatic nitrogens is 2. The summed E-state index contributed by atoms with van der Waals surface area (Å²) in [6.07, 6.45) is 0.688. The molecule has 0 bridgehead atoms. The molecule has 1 N–H and O–H groups in total. The number of rotatable bonds is 6. The third-order valence-corrected chi connectivity index (χ3v) is 4.65. The van der Waals surface area contributed by atoms with E-state index >= 15 is 0 Å². The number of hydrogen-bond acceptors (Lipinski definition) is 5. The lowest BCUT2D eigenvalue weighted by atomic mass is 10.0. The summed E-state index contributed by atoms with van der Waals surface area (Å²) in [7, 11) is 0. The number of aliphatic hydroxyl groups excluding tert-OH is 1. The molecule has 0 aliphatic rings. The summed E-state index contributed by atoms with van der Waals surface area (Å²) in [5, 5.41) is 12.7. The monoisotopic (exact) mass is 344 g/mol.